The molecule has 2 saturated heterocycles. The molecule has 3 heterocycles. The van der Waals surface area contributed by atoms with Crippen LogP contribution in [0, 0.1) is 25.7 Å². The Labute approximate surface area is 142 Å². The summed E-state index contributed by atoms with van der Waals surface area (Å²) < 4.78 is 0. The number of likely N-dealkylation sites (tertiary alicyclic amines) is 1. The molecule has 0 saturated carbocycles. The number of nitrogens with zero attached hydrogens (tertiary/aromatic N) is 4. The van der Waals surface area contributed by atoms with E-state index in [4.69, 9.17) is 0 Å². The summed E-state index contributed by atoms with van der Waals surface area (Å²) in [7, 11) is 0. The highest BCUT2D eigenvalue weighted by atomic mass is 16.2. The van der Waals surface area contributed by atoms with E-state index >= 15 is 0 Å². The number of hydrogen-bond donors (Lipinski definition) is 0. The van der Waals surface area contributed by atoms with Crippen molar-refractivity contribution < 1.29 is 4.79 Å². The first-order valence-corrected chi connectivity index (χ1v) is 8.48. The molecule has 1 aromatic heterocycles. The van der Waals surface area contributed by atoms with Crippen LogP contribution in [0.3, 0.4) is 0 Å². The second kappa shape index (κ2) is 5.89. The minimum absolute atomic E-state index is 0.0831. The molecule has 5 heteroatoms. The summed E-state index contributed by atoms with van der Waals surface area (Å²) in [5.74, 6) is 1.48. The number of rotatable bonds is 3. The fourth-order valence-electron chi connectivity index (χ4n) is 3.83. The number of carbonyl (C=O) groups excluding carboxylic acids is 1. The van der Waals surface area contributed by atoms with E-state index in [9.17, 15) is 4.79 Å². The molecular formula is C19H22N4O. The molecule has 1 aromatic carbocycles. The second-order valence-electron chi connectivity index (χ2n) is 7.04. The van der Waals surface area contributed by atoms with Crippen LogP contribution in [0.1, 0.15) is 16.7 Å². The van der Waals surface area contributed by atoms with Gasteiger partial charge in [0.05, 0.1) is 5.92 Å². The summed E-state index contributed by atoms with van der Waals surface area (Å²) in [6.07, 6.45) is 3.67. The number of fused-ring (bicyclic) bond motifs is 1. The second-order valence-corrected chi connectivity index (χ2v) is 7.04. The van der Waals surface area contributed by atoms with Gasteiger partial charge in [-0.25, -0.2) is 9.97 Å². The summed E-state index contributed by atoms with van der Waals surface area (Å²) in [5, 5.41) is 0. The lowest BCUT2D eigenvalue weighted by Gasteiger charge is -2.22. The number of hydrogen-bond acceptors (Lipinski definition) is 4. The average molecular weight is 322 g/mol. The van der Waals surface area contributed by atoms with Crippen molar-refractivity contribution >= 4 is 11.9 Å². The van der Waals surface area contributed by atoms with Gasteiger partial charge in [0.25, 0.3) is 0 Å². The molecule has 0 bridgehead atoms. The Kier molecular flexibility index (Phi) is 3.71. The highest BCUT2D eigenvalue weighted by molar-refractivity contribution is 5.83. The van der Waals surface area contributed by atoms with Gasteiger partial charge >= 0.3 is 0 Å². The van der Waals surface area contributed by atoms with Gasteiger partial charge in [0.1, 0.15) is 0 Å². The standard InChI is InChI=1S/C19H22N4O/c1-13-4-3-5-15(6-13)9-22-10-16-11-23(12-17(16)18(22)24)19-20-7-14(2)8-21-19/h3-8,16-17H,9-12H2,1-2H3/t16-,17+/m1/s1. The molecule has 2 aliphatic heterocycles. The summed E-state index contributed by atoms with van der Waals surface area (Å²) >= 11 is 0. The smallest absolute Gasteiger partial charge is 0.228 e. The summed E-state index contributed by atoms with van der Waals surface area (Å²) in [6, 6.07) is 8.40. The fraction of sp³-hybridized carbons (Fsp3) is 0.421. The van der Waals surface area contributed by atoms with Crippen LogP contribution in [0.4, 0.5) is 5.95 Å². The first kappa shape index (κ1) is 15.1. The van der Waals surface area contributed by atoms with Gasteiger partial charge in [0, 0.05) is 44.5 Å². The normalized spacial score (nSPS) is 23.0. The largest absolute Gasteiger partial charge is 0.340 e. The van der Waals surface area contributed by atoms with Crippen LogP contribution in [0.2, 0.25) is 0 Å². The maximum atomic E-state index is 12.8. The van der Waals surface area contributed by atoms with Crippen molar-refractivity contribution in [1.29, 1.82) is 0 Å². The zero-order valence-electron chi connectivity index (χ0n) is 14.1. The quantitative estimate of drug-likeness (QED) is 0.869. The third-order valence-electron chi connectivity index (χ3n) is 5.03. The Morgan fingerprint density at radius 1 is 1.08 bits per heavy atom. The van der Waals surface area contributed by atoms with Crippen molar-refractivity contribution in [2.75, 3.05) is 24.5 Å². The first-order valence-electron chi connectivity index (χ1n) is 8.48. The van der Waals surface area contributed by atoms with E-state index in [1.54, 1.807) is 0 Å². The predicted octanol–water partition coefficient (Wildman–Crippen LogP) is 2.19. The summed E-state index contributed by atoms with van der Waals surface area (Å²) in [5.41, 5.74) is 3.50. The molecule has 0 N–H and O–H groups in total. The fourth-order valence-corrected chi connectivity index (χ4v) is 3.83. The van der Waals surface area contributed by atoms with Crippen molar-refractivity contribution in [1.82, 2.24) is 14.9 Å². The number of benzene rings is 1. The molecule has 2 atom stereocenters. The molecule has 4 rings (SSSR count). The Morgan fingerprint density at radius 3 is 2.58 bits per heavy atom. The molecular weight excluding hydrogens is 300 g/mol. The van der Waals surface area contributed by atoms with Crippen LogP contribution in [0.5, 0.6) is 0 Å². The number of aromatic nitrogens is 2. The summed E-state index contributed by atoms with van der Waals surface area (Å²) in [6.45, 7) is 7.22. The van der Waals surface area contributed by atoms with E-state index in [2.05, 4.69) is 46.1 Å². The Morgan fingerprint density at radius 2 is 1.88 bits per heavy atom. The number of carbonyl (C=O) groups is 1. The predicted molar refractivity (Wildman–Crippen MR) is 92.6 cm³/mol. The molecule has 0 unspecified atom stereocenters. The van der Waals surface area contributed by atoms with E-state index < -0.39 is 0 Å². The lowest BCUT2D eigenvalue weighted by molar-refractivity contribution is -0.131. The lowest BCUT2D eigenvalue weighted by atomic mass is 10.0. The molecule has 2 aromatic rings. The van der Waals surface area contributed by atoms with Crippen molar-refractivity contribution in [3.8, 4) is 0 Å². The zero-order chi connectivity index (χ0) is 16.7. The van der Waals surface area contributed by atoms with Gasteiger partial charge in [0.15, 0.2) is 0 Å². The van der Waals surface area contributed by atoms with Crippen LogP contribution in [-0.4, -0.2) is 40.4 Å². The van der Waals surface area contributed by atoms with Gasteiger partial charge in [-0.15, -0.1) is 0 Å². The molecule has 5 nitrogen and oxygen atoms in total. The molecule has 0 spiro atoms. The molecule has 2 aliphatic rings. The van der Waals surface area contributed by atoms with Gasteiger partial charge in [-0.2, -0.15) is 0 Å². The van der Waals surface area contributed by atoms with E-state index in [1.807, 2.05) is 24.2 Å². The van der Waals surface area contributed by atoms with Crippen LogP contribution in [0.15, 0.2) is 36.7 Å². The highest BCUT2D eigenvalue weighted by Crippen LogP contribution is 2.34. The third-order valence-corrected chi connectivity index (χ3v) is 5.03. The number of aryl methyl sites for hydroxylation is 2. The van der Waals surface area contributed by atoms with Gasteiger partial charge in [-0.3, -0.25) is 4.79 Å². The van der Waals surface area contributed by atoms with Gasteiger partial charge in [-0.05, 0) is 25.0 Å². The average Bonchev–Trinajstić information content (AvgIpc) is 3.09. The van der Waals surface area contributed by atoms with Crippen LogP contribution >= 0.6 is 0 Å². The summed E-state index contributed by atoms with van der Waals surface area (Å²) in [4.78, 5) is 25.7. The highest BCUT2D eigenvalue weighted by Gasteiger charge is 2.46. The SMILES string of the molecule is Cc1cnc(N2C[C@H]3CN(Cc4cccc(C)c4)C(=O)[C@H]3C2)nc1. The third kappa shape index (κ3) is 2.75. The number of anilines is 1. The van der Waals surface area contributed by atoms with Crippen molar-refractivity contribution in [2.45, 2.75) is 20.4 Å². The molecule has 124 valence electrons. The molecule has 24 heavy (non-hydrogen) atoms. The lowest BCUT2D eigenvalue weighted by Crippen LogP contribution is -2.33. The van der Waals surface area contributed by atoms with Crippen LogP contribution < -0.4 is 4.90 Å². The monoisotopic (exact) mass is 322 g/mol. The maximum Gasteiger partial charge on any atom is 0.228 e. The minimum atomic E-state index is 0.0831. The Bertz CT molecular complexity index is 758. The molecule has 0 radical (unpaired) electrons. The van der Waals surface area contributed by atoms with E-state index in [0.29, 0.717) is 12.5 Å². The Balaban J connectivity index is 1.44. The van der Waals surface area contributed by atoms with Crippen LogP contribution in [0.25, 0.3) is 0 Å². The van der Waals surface area contributed by atoms with Crippen LogP contribution in [-0.2, 0) is 11.3 Å². The van der Waals surface area contributed by atoms with Crippen molar-refractivity contribution in [3.63, 3.8) is 0 Å². The molecule has 0 aliphatic carbocycles. The topological polar surface area (TPSA) is 49.3 Å². The first-order chi connectivity index (χ1) is 11.6. The van der Waals surface area contributed by atoms with E-state index in [1.165, 1.54) is 11.1 Å². The van der Waals surface area contributed by atoms with E-state index in [-0.39, 0.29) is 11.8 Å². The van der Waals surface area contributed by atoms with E-state index in [0.717, 1.165) is 31.1 Å². The van der Waals surface area contributed by atoms with Gasteiger partial charge in [-0.1, -0.05) is 29.8 Å². The maximum absolute atomic E-state index is 12.8. The molecule has 1 amide bonds. The zero-order valence-corrected chi connectivity index (χ0v) is 14.1. The molecule has 2 fully saturated rings. The minimum Gasteiger partial charge on any atom is -0.340 e. The van der Waals surface area contributed by atoms with Gasteiger partial charge in [0.2, 0.25) is 11.9 Å². The van der Waals surface area contributed by atoms with Crippen molar-refractivity contribution in [3.05, 3.63) is 53.3 Å². The van der Waals surface area contributed by atoms with Gasteiger partial charge < -0.3 is 9.80 Å². The Hall–Kier alpha value is -2.43. The van der Waals surface area contributed by atoms with Crippen molar-refractivity contribution in [2.24, 2.45) is 11.8 Å². The number of amides is 1.